The number of aryl methyl sites for hydroxylation is 1. The average Bonchev–Trinajstić information content (AvgIpc) is 3.05. The van der Waals surface area contributed by atoms with Crippen LogP contribution in [0.3, 0.4) is 0 Å². The summed E-state index contributed by atoms with van der Waals surface area (Å²) in [4.78, 5) is 8.67. The molecule has 0 amide bonds. The number of hydrogen-bond donors (Lipinski definition) is 1. The lowest BCUT2D eigenvalue weighted by Gasteiger charge is -2.21. The van der Waals surface area contributed by atoms with Gasteiger partial charge in [0.25, 0.3) is 0 Å². The number of aromatic nitrogens is 1. The van der Waals surface area contributed by atoms with Crippen molar-refractivity contribution in [2.75, 3.05) is 20.6 Å². The normalized spacial score (nSPS) is 23.4. The molecule has 1 N–H and O–H groups in total. The van der Waals surface area contributed by atoms with Gasteiger partial charge in [0.2, 0.25) is 0 Å². The fraction of sp³-hybridized carbons (Fsp3) is 0.786. The fourth-order valence-corrected chi connectivity index (χ4v) is 4.01. The van der Waals surface area contributed by atoms with Crippen LogP contribution in [0.4, 0.5) is 0 Å². The minimum absolute atomic E-state index is 0.668. The molecule has 2 aliphatic carbocycles. The third-order valence-corrected chi connectivity index (χ3v) is 4.91. The highest BCUT2D eigenvalue weighted by Gasteiger charge is 2.27. The summed E-state index contributed by atoms with van der Waals surface area (Å²) < 4.78 is 0. The number of fused-ring (bicyclic) bond motifs is 1. The van der Waals surface area contributed by atoms with Crippen LogP contribution in [0.15, 0.2) is 0 Å². The first-order chi connectivity index (χ1) is 8.72. The van der Waals surface area contributed by atoms with Crippen molar-refractivity contribution in [3.63, 3.8) is 0 Å². The van der Waals surface area contributed by atoms with Crippen LogP contribution in [0.1, 0.15) is 47.2 Å². The molecule has 0 radical (unpaired) electrons. The van der Waals surface area contributed by atoms with Gasteiger partial charge in [-0.2, -0.15) is 0 Å². The van der Waals surface area contributed by atoms with Gasteiger partial charge in [0, 0.05) is 29.9 Å². The van der Waals surface area contributed by atoms with Gasteiger partial charge < -0.3 is 10.2 Å². The molecule has 1 atom stereocenters. The molecule has 1 saturated carbocycles. The summed E-state index contributed by atoms with van der Waals surface area (Å²) in [5.74, 6) is 0.668. The van der Waals surface area contributed by atoms with Gasteiger partial charge in [0.1, 0.15) is 5.01 Å². The second kappa shape index (κ2) is 5.27. The molecule has 3 nitrogen and oxygen atoms in total. The second-order valence-electron chi connectivity index (χ2n) is 5.93. The highest BCUT2D eigenvalue weighted by molar-refractivity contribution is 7.11. The second-order valence-corrected chi connectivity index (χ2v) is 7.09. The highest BCUT2D eigenvalue weighted by atomic mass is 32.1. The smallest absolute Gasteiger partial charge is 0.107 e. The SMILES string of the molecule is CN(C)Cc1nc2c(s1)CCCC2CNC1CC1. The van der Waals surface area contributed by atoms with E-state index in [1.165, 1.54) is 42.8 Å². The Morgan fingerprint density at radius 3 is 2.89 bits per heavy atom. The first-order valence-corrected chi connectivity index (χ1v) is 7.90. The summed E-state index contributed by atoms with van der Waals surface area (Å²) in [6.45, 7) is 2.13. The van der Waals surface area contributed by atoms with Crippen molar-refractivity contribution in [1.82, 2.24) is 15.2 Å². The zero-order valence-electron chi connectivity index (χ0n) is 11.4. The number of rotatable bonds is 5. The Morgan fingerprint density at radius 2 is 2.17 bits per heavy atom. The van der Waals surface area contributed by atoms with Gasteiger partial charge in [-0.05, 0) is 46.2 Å². The van der Waals surface area contributed by atoms with E-state index in [1.54, 1.807) is 4.88 Å². The van der Waals surface area contributed by atoms with Gasteiger partial charge in [-0.25, -0.2) is 4.98 Å². The van der Waals surface area contributed by atoms with Gasteiger partial charge in [-0.15, -0.1) is 11.3 Å². The Kier molecular flexibility index (Phi) is 3.68. The molecule has 1 aromatic heterocycles. The summed E-state index contributed by atoms with van der Waals surface area (Å²) in [7, 11) is 4.24. The lowest BCUT2D eigenvalue weighted by molar-refractivity contribution is 0.400. The van der Waals surface area contributed by atoms with Crippen LogP contribution >= 0.6 is 11.3 Å². The molecule has 100 valence electrons. The summed E-state index contributed by atoms with van der Waals surface area (Å²) in [6.07, 6.45) is 6.66. The van der Waals surface area contributed by atoms with E-state index in [2.05, 4.69) is 24.3 Å². The van der Waals surface area contributed by atoms with E-state index < -0.39 is 0 Å². The average molecular weight is 265 g/mol. The minimum atomic E-state index is 0.668. The summed E-state index contributed by atoms with van der Waals surface area (Å²) >= 11 is 1.94. The predicted octanol–water partition coefficient (Wildman–Crippen LogP) is 2.38. The molecule has 2 aliphatic rings. The van der Waals surface area contributed by atoms with Crippen LogP contribution < -0.4 is 5.32 Å². The molecule has 1 aromatic rings. The van der Waals surface area contributed by atoms with Crippen LogP contribution in [-0.2, 0) is 13.0 Å². The van der Waals surface area contributed by atoms with Crippen molar-refractivity contribution < 1.29 is 0 Å². The third-order valence-electron chi connectivity index (χ3n) is 3.80. The maximum atomic E-state index is 4.91. The van der Waals surface area contributed by atoms with E-state index in [9.17, 15) is 0 Å². The molecule has 1 heterocycles. The van der Waals surface area contributed by atoms with Gasteiger partial charge in [-0.1, -0.05) is 0 Å². The quantitative estimate of drug-likeness (QED) is 0.886. The molecule has 0 aromatic carbocycles. The van der Waals surface area contributed by atoms with Crippen molar-refractivity contribution in [3.05, 3.63) is 15.6 Å². The Balaban J connectivity index is 1.69. The Bertz CT molecular complexity index is 409. The number of nitrogens with one attached hydrogen (secondary N) is 1. The molecule has 3 rings (SSSR count). The van der Waals surface area contributed by atoms with Crippen LogP contribution in [0.5, 0.6) is 0 Å². The summed E-state index contributed by atoms with van der Waals surface area (Å²) in [5.41, 5.74) is 1.41. The molecular formula is C14H23N3S. The maximum Gasteiger partial charge on any atom is 0.107 e. The molecule has 0 spiro atoms. The minimum Gasteiger partial charge on any atom is -0.313 e. The van der Waals surface area contributed by atoms with Gasteiger partial charge >= 0.3 is 0 Å². The number of thiazole rings is 1. The van der Waals surface area contributed by atoms with Gasteiger partial charge in [0.05, 0.1) is 5.69 Å². The van der Waals surface area contributed by atoms with E-state index in [0.29, 0.717) is 5.92 Å². The molecule has 0 bridgehead atoms. The number of nitrogens with zero attached hydrogens (tertiary/aromatic N) is 2. The summed E-state index contributed by atoms with van der Waals surface area (Å²) in [5, 5.41) is 4.97. The van der Waals surface area contributed by atoms with E-state index >= 15 is 0 Å². The first kappa shape index (κ1) is 12.6. The third kappa shape index (κ3) is 2.92. The van der Waals surface area contributed by atoms with Gasteiger partial charge in [-0.3, -0.25) is 0 Å². The predicted molar refractivity (Wildman–Crippen MR) is 76.2 cm³/mol. The van der Waals surface area contributed by atoms with Crippen LogP contribution in [0.25, 0.3) is 0 Å². The molecule has 1 fully saturated rings. The monoisotopic (exact) mass is 265 g/mol. The molecule has 18 heavy (non-hydrogen) atoms. The zero-order valence-corrected chi connectivity index (χ0v) is 12.2. The molecule has 1 unspecified atom stereocenters. The van der Waals surface area contributed by atoms with Crippen molar-refractivity contribution in [2.45, 2.75) is 50.6 Å². The van der Waals surface area contributed by atoms with Crippen molar-refractivity contribution in [1.29, 1.82) is 0 Å². The van der Waals surface area contributed by atoms with E-state index in [1.807, 2.05) is 11.3 Å². The van der Waals surface area contributed by atoms with Gasteiger partial charge in [0.15, 0.2) is 0 Å². The Morgan fingerprint density at radius 1 is 1.33 bits per heavy atom. The van der Waals surface area contributed by atoms with E-state index in [-0.39, 0.29) is 0 Å². The highest BCUT2D eigenvalue weighted by Crippen LogP contribution is 2.35. The number of hydrogen-bond acceptors (Lipinski definition) is 4. The fourth-order valence-electron chi connectivity index (χ4n) is 2.69. The molecule has 4 heteroatoms. The molecule has 0 saturated heterocycles. The topological polar surface area (TPSA) is 28.2 Å². The van der Waals surface area contributed by atoms with Crippen LogP contribution in [0.2, 0.25) is 0 Å². The maximum absolute atomic E-state index is 4.91. The standard InChI is InChI=1S/C14H23N3S/c1-17(2)9-13-16-14-10(8-15-11-6-7-11)4-3-5-12(14)18-13/h10-11,15H,3-9H2,1-2H3. The largest absolute Gasteiger partial charge is 0.313 e. The van der Waals surface area contributed by atoms with E-state index in [0.717, 1.165) is 19.1 Å². The lowest BCUT2D eigenvalue weighted by Crippen LogP contribution is -2.25. The van der Waals surface area contributed by atoms with Crippen molar-refractivity contribution in [2.24, 2.45) is 0 Å². The molecule has 0 aliphatic heterocycles. The summed E-state index contributed by atoms with van der Waals surface area (Å²) in [6, 6.07) is 0.815. The Hall–Kier alpha value is -0.450. The van der Waals surface area contributed by atoms with Crippen LogP contribution in [0, 0.1) is 0 Å². The first-order valence-electron chi connectivity index (χ1n) is 7.09. The van der Waals surface area contributed by atoms with E-state index in [4.69, 9.17) is 4.98 Å². The van der Waals surface area contributed by atoms with Crippen LogP contribution in [-0.4, -0.2) is 36.6 Å². The van der Waals surface area contributed by atoms with Crippen molar-refractivity contribution in [3.8, 4) is 0 Å². The molecular weight excluding hydrogens is 242 g/mol. The Labute approximate surface area is 114 Å². The van der Waals surface area contributed by atoms with Crippen molar-refractivity contribution >= 4 is 11.3 Å². The lowest BCUT2D eigenvalue weighted by atomic mass is 9.91. The zero-order chi connectivity index (χ0) is 12.5.